The van der Waals surface area contributed by atoms with E-state index in [1.54, 1.807) is 54.8 Å². The monoisotopic (exact) mass is 1180 g/mol. The topological polar surface area (TPSA) is 205 Å². The highest BCUT2D eigenvalue weighted by atomic mass is 19.4. The SMILES string of the molecule is CC(=O)Nc1ccn(C(=O)N2CCC3(CCN(Cc4cc(C(F)(F)F)cc(C5(C(=O)O)CCCC5)c4)C3)CC2)n1.CC(=O)Nc1ccn(C(=O)N2CCC3(CCN(Cc4cc(C(F)(F)F)cc(C5(C(=O)OC(C)(C)C)CCCC5)c4)C3)CC2)n1. The molecule has 18 nitrogen and oxygen atoms in total. The van der Waals surface area contributed by atoms with Gasteiger partial charge in [-0.1, -0.05) is 37.8 Å². The summed E-state index contributed by atoms with van der Waals surface area (Å²) < 4.78 is 92.0. The molecule has 4 amide bonds. The molecule has 2 saturated carbocycles. The van der Waals surface area contributed by atoms with Crippen molar-refractivity contribution in [1.82, 2.24) is 39.2 Å². The number of alkyl halides is 6. The number of aliphatic carboxylic acids is 1. The minimum Gasteiger partial charge on any atom is -0.481 e. The molecule has 456 valence electrons. The fourth-order valence-corrected chi connectivity index (χ4v) is 13.7. The van der Waals surface area contributed by atoms with E-state index in [4.69, 9.17) is 4.74 Å². The number of benzene rings is 2. The van der Waals surface area contributed by atoms with Crippen LogP contribution in [0.3, 0.4) is 0 Å². The lowest BCUT2D eigenvalue weighted by Crippen LogP contribution is -2.45. The lowest BCUT2D eigenvalue weighted by atomic mass is 9.77. The minimum atomic E-state index is -4.56. The molecule has 0 radical (unpaired) electrons. The number of rotatable bonds is 10. The molecule has 4 aromatic rings. The molecule has 2 aromatic heterocycles. The van der Waals surface area contributed by atoms with Crippen molar-refractivity contribution in [2.45, 2.75) is 166 Å². The van der Waals surface area contributed by atoms with Crippen LogP contribution in [0.5, 0.6) is 0 Å². The molecule has 6 heterocycles. The van der Waals surface area contributed by atoms with Crippen LogP contribution in [-0.4, -0.2) is 138 Å². The van der Waals surface area contributed by atoms with Gasteiger partial charge in [0, 0.05) is 90.7 Å². The van der Waals surface area contributed by atoms with Crippen LogP contribution in [0.1, 0.15) is 158 Å². The number of carbonyl (C=O) groups is 6. The van der Waals surface area contributed by atoms with Gasteiger partial charge in [0.05, 0.1) is 22.0 Å². The van der Waals surface area contributed by atoms with Crippen LogP contribution in [0.15, 0.2) is 60.9 Å². The molecule has 6 aliphatic rings. The number of esters is 1. The number of carboxylic acids is 1. The third-order valence-electron chi connectivity index (χ3n) is 18.1. The Balaban J connectivity index is 0.000000202. The highest BCUT2D eigenvalue weighted by Gasteiger charge is 2.49. The van der Waals surface area contributed by atoms with E-state index < -0.39 is 51.8 Å². The third kappa shape index (κ3) is 14.0. The van der Waals surface area contributed by atoms with Crippen molar-refractivity contribution in [3.05, 3.63) is 94.3 Å². The Bertz CT molecular complexity index is 3100. The summed E-state index contributed by atoms with van der Waals surface area (Å²) in [5.74, 6) is -1.43. The largest absolute Gasteiger partial charge is 0.481 e. The fraction of sp³-hybridized carbons (Fsp3) is 0.600. The number of hydrogen-bond acceptors (Lipinski definition) is 11. The summed E-state index contributed by atoms with van der Waals surface area (Å²) >= 11 is 0. The van der Waals surface area contributed by atoms with E-state index in [9.17, 15) is 60.2 Å². The molecular formula is C60H76F6N10O8. The van der Waals surface area contributed by atoms with E-state index in [2.05, 4.69) is 30.6 Å². The van der Waals surface area contributed by atoms with Crippen LogP contribution < -0.4 is 10.6 Å². The number of piperidine rings is 2. The summed E-state index contributed by atoms with van der Waals surface area (Å²) in [6.45, 7) is 13.8. The summed E-state index contributed by atoms with van der Waals surface area (Å²) in [7, 11) is 0. The molecule has 2 spiro atoms. The highest BCUT2D eigenvalue weighted by molar-refractivity contribution is 5.89. The maximum absolute atomic E-state index is 14.1. The summed E-state index contributed by atoms with van der Waals surface area (Å²) in [4.78, 5) is 81.9. The lowest BCUT2D eigenvalue weighted by molar-refractivity contribution is -0.162. The zero-order valence-electron chi connectivity index (χ0n) is 48.4. The van der Waals surface area contributed by atoms with Gasteiger partial charge in [0.15, 0.2) is 11.6 Å². The second-order valence-corrected chi connectivity index (χ2v) is 25.3. The van der Waals surface area contributed by atoms with Crippen LogP contribution in [0, 0.1) is 10.8 Å². The van der Waals surface area contributed by atoms with Crippen molar-refractivity contribution < 1.29 is 65.0 Å². The Morgan fingerprint density at radius 3 is 1.27 bits per heavy atom. The van der Waals surface area contributed by atoms with E-state index in [1.165, 1.54) is 41.7 Å². The molecule has 0 unspecified atom stereocenters. The first kappa shape index (κ1) is 61.7. The predicted molar refractivity (Wildman–Crippen MR) is 298 cm³/mol. The number of nitrogens with zero attached hydrogens (tertiary/aromatic N) is 8. The van der Waals surface area contributed by atoms with E-state index >= 15 is 0 Å². The van der Waals surface area contributed by atoms with E-state index in [0.717, 1.165) is 89.2 Å². The number of carboxylic acid groups (broad SMARTS) is 1. The Kier molecular flexibility index (Phi) is 17.6. The molecular weight excluding hydrogens is 1100 g/mol. The van der Waals surface area contributed by atoms with Crippen molar-refractivity contribution in [2.24, 2.45) is 10.8 Å². The lowest BCUT2D eigenvalue weighted by Gasteiger charge is -2.39. The van der Waals surface area contributed by atoms with E-state index in [-0.39, 0.29) is 40.3 Å². The Labute approximate surface area is 484 Å². The smallest absolute Gasteiger partial charge is 0.416 e. The van der Waals surface area contributed by atoms with Crippen molar-refractivity contribution >= 4 is 47.5 Å². The molecule has 10 rings (SSSR count). The van der Waals surface area contributed by atoms with Gasteiger partial charge in [-0.05, 0) is 155 Å². The van der Waals surface area contributed by atoms with Crippen LogP contribution in [0.2, 0.25) is 0 Å². The first-order valence-electron chi connectivity index (χ1n) is 29.1. The number of anilines is 2. The van der Waals surface area contributed by atoms with E-state index in [0.29, 0.717) is 113 Å². The number of likely N-dealkylation sites (tertiary alicyclic amines) is 4. The molecule has 6 fully saturated rings. The van der Waals surface area contributed by atoms with Gasteiger partial charge in [0.2, 0.25) is 11.8 Å². The van der Waals surface area contributed by atoms with Crippen molar-refractivity contribution in [2.75, 3.05) is 63.0 Å². The highest BCUT2D eigenvalue weighted by Crippen LogP contribution is 2.48. The molecule has 3 N–H and O–H groups in total. The Morgan fingerprint density at radius 1 is 0.548 bits per heavy atom. The van der Waals surface area contributed by atoms with Gasteiger partial charge in [-0.2, -0.15) is 35.7 Å². The number of nitrogens with one attached hydrogen (secondary N) is 2. The van der Waals surface area contributed by atoms with Crippen LogP contribution in [0.25, 0.3) is 0 Å². The summed E-state index contributed by atoms with van der Waals surface area (Å²) in [6.07, 6.45) is 3.34. The minimum absolute atomic E-state index is 0.0180. The van der Waals surface area contributed by atoms with Crippen molar-refractivity contribution in [3.8, 4) is 0 Å². The third-order valence-corrected chi connectivity index (χ3v) is 18.1. The van der Waals surface area contributed by atoms with Crippen LogP contribution in [-0.2, 0) is 60.2 Å². The molecule has 4 aliphatic heterocycles. The first-order valence-corrected chi connectivity index (χ1v) is 29.1. The predicted octanol–water partition coefficient (Wildman–Crippen LogP) is 10.7. The van der Waals surface area contributed by atoms with Crippen molar-refractivity contribution in [3.63, 3.8) is 0 Å². The van der Waals surface area contributed by atoms with Crippen LogP contribution in [0.4, 0.5) is 47.6 Å². The number of hydrogen-bond donors (Lipinski definition) is 3. The van der Waals surface area contributed by atoms with E-state index in [1.807, 2.05) is 0 Å². The maximum Gasteiger partial charge on any atom is 0.416 e. The normalized spacial score (nSPS) is 20.4. The van der Waals surface area contributed by atoms with Crippen LogP contribution >= 0.6 is 0 Å². The molecule has 0 atom stereocenters. The molecule has 2 aromatic carbocycles. The Hall–Kier alpha value is -6.82. The zero-order chi connectivity index (χ0) is 60.6. The van der Waals surface area contributed by atoms with Gasteiger partial charge in [0.25, 0.3) is 0 Å². The maximum atomic E-state index is 14.1. The number of carbonyl (C=O) groups excluding carboxylic acids is 5. The summed E-state index contributed by atoms with van der Waals surface area (Å²) in [6, 6.07) is 10.6. The first-order chi connectivity index (χ1) is 39.5. The van der Waals surface area contributed by atoms with Gasteiger partial charge >= 0.3 is 36.4 Å². The van der Waals surface area contributed by atoms with Crippen molar-refractivity contribution in [1.29, 1.82) is 0 Å². The Morgan fingerprint density at radius 2 is 0.917 bits per heavy atom. The van der Waals surface area contributed by atoms with Gasteiger partial charge < -0.3 is 30.3 Å². The molecule has 24 heteroatoms. The average Bonchev–Trinajstić information content (AvgIpc) is 3.82. The number of ether oxygens (including phenoxy) is 1. The summed E-state index contributed by atoms with van der Waals surface area (Å²) in [5, 5.41) is 23.3. The fourth-order valence-electron chi connectivity index (χ4n) is 13.7. The number of amides is 4. The molecule has 84 heavy (non-hydrogen) atoms. The molecule has 2 aliphatic carbocycles. The average molecular weight is 1180 g/mol. The molecule has 4 saturated heterocycles. The van der Waals surface area contributed by atoms with Gasteiger partial charge in [-0.25, -0.2) is 9.59 Å². The second-order valence-electron chi connectivity index (χ2n) is 25.3. The standard InChI is InChI=1S/C32H42F3N5O4.C28H34F3N5O4/c1-22(41)36-26-7-13-40(37-26)28(43)39-15-11-30(12-16-39)10-14-38(21-30)20-23-17-24(19-25(18-23)32(33,34)35)31(8-5-6-9-31)27(42)44-29(2,3)4;1-19(37)32-23-4-10-36(33-23)25(40)35-12-8-26(9-13-35)7-11-34(18-26)17-20-14-21(16-22(15-20)28(29,30)31)27(24(38)39)5-2-3-6-27/h7,13,17-19H,5-6,8-12,14-16,20-21H2,1-4H3,(H,36,37,41);4,10,14-16H,2-3,5-9,11-13,17-18H2,1H3,(H,38,39)(H,32,33,37). The van der Waals surface area contributed by atoms with Gasteiger partial charge in [-0.3, -0.25) is 29.0 Å². The number of aromatic nitrogens is 4. The second kappa shape index (κ2) is 23.9. The summed E-state index contributed by atoms with van der Waals surface area (Å²) in [5.41, 5.74) is -2.98. The number of halogens is 6. The quantitative estimate of drug-likeness (QED) is 0.100. The zero-order valence-corrected chi connectivity index (χ0v) is 48.4. The molecule has 0 bridgehead atoms. The van der Waals surface area contributed by atoms with Gasteiger partial charge in [0.1, 0.15) is 5.60 Å². The van der Waals surface area contributed by atoms with Gasteiger partial charge in [-0.15, -0.1) is 10.2 Å².